The minimum absolute atomic E-state index is 0.236. The number of halogens is 3. The van der Waals surface area contributed by atoms with E-state index in [4.69, 9.17) is 0 Å². The van der Waals surface area contributed by atoms with Crippen LogP contribution < -0.4 is 5.32 Å². The molecule has 18 heavy (non-hydrogen) atoms. The first-order valence-corrected chi connectivity index (χ1v) is 9.48. The van der Waals surface area contributed by atoms with Crippen LogP contribution in [0.1, 0.15) is 28.3 Å². The maximum Gasteiger partial charge on any atom is 0.0762 e. The van der Waals surface area contributed by atoms with Gasteiger partial charge in [-0.1, -0.05) is 6.92 Å². The van der Waals surface area contributed by atoms with Gasteiger partial charge in [-0.05, 0) is 73.4 Å². The van der Waals surface area contributed by atoms with Crippen molar-refractivity contribution in [3.8, 4) is 0 Å². The van der Waals surface area contributed by atoms with Crippen LogP contribution in [0.5, 0.6) is 0 Å². The molecule has 0 aromatic carbocycles. The maximum absolute atomic E-state index is 3.66. The molecule has 1 atom stereocenters. The summed E-state index contributed by atoms with van der Waals surface area (Å²) < 4.78 is 3.51. The Morgan fingerprint density at radius 3 is 2.39 bits per heavy atom. The molecule has 0 aliphatic carbocycles. The Morgan fingerprint density at radius 2 is 1.94 bits per heavy atom. The number of nitrogens with one attached hydrogen (secondary N) is 1. The molecule has 6 heteroatoms. The average molecular weight is 474 g/mol. The quantitative estimate of drug-likeness (QED) is 0.565. The van der Waals surface area contributed by atoms with Crippen LogP contribution >= 0.6 is 70.5 Å². The Bertz CT molecular complexity index is 501. The largest absolute Gasteiger partial charge is 0.306 e. The fourth-order valence-electron chi connectivity index (χ4n) is 1.80. The first-order chi connectivity index (χ1) is 8.52. The molecule has 0 fully saturated rings. The van der Waals surface area contributed by atoms with Crippen LogP contribution in [0.3, 0.4) is 0 Å². The summed E-state index contributed by atoms with van der Waals surface area (Å²) in [6, 6.07) is 4.60. The molecular weight excluding hydrogens is 462 g/mol. The molecule has 2 aromatic heterocycles. The molecule has 2 aromatic rings. The van der Waals surface area contributed by atoms with E-state index in [1.54, 1.807) is 11.3 Å². The van der Waals surface area contributed by atoms with Crippen LogP contribution in [-0.4, -0.2) is 6.54 Å². The zero-order chi connectivity index (χ0) is 13.3. The molecule has 1 nitrogen and oxygen atoms in total. The highest BCUT2D eigenvalue weighted by molar-refractivity contribution is 9.12. The fraction of sp³-hybridized carbons (Fsp3) is 0.333. The molecule has 1 unspecified atom stereocenters. The highest BCUT2D eigenvalue weighted by Gasteiger charge is 2.22. The van der Waals surface area contributed by atoms with Crippen molar-refractivity contribution in [1.29, 1.82) is 0 Å². The zero-order valence-corrected chi connectivity index (χ0v) is 16.3. The molecule has 0 aliphatic heterocycles. The average Bonchev–Trinajstić information content (AvgIpc) is 2.78. The Labute approximate surface area is 140 Å². The Morgan fingerprint density at radius 1 is 1.22 bits per heavy atom. The zero-order valence-electron chi connectivity index (χ0n) is 9.89. The molecule has 98 valence electrons. The highest BCUT2D eigenvalue weighted by atomic mass is 79.9. The SMILES string of the molecule is CCNC(c1cc(Br)sc1Br)c1sc(C)cc1Br. The van der Waals surface area contributed by atoms with E-state index in [1.165, 1.54) is 23.6 Å². The smallest absolute Gasteiger partial charge is 0.0762 e. The molecule has 1 N–H and O–H groups in total. The van der Waals surface area contributed by atoms with Gasteiger partial charge in [-0.2, -0.15) is 0 Å². The van der Waals surface area contributed by atoms with Crippen LogP contribution in [0.2, 0.25) is 0 Å². The van der Waals surface area contributed by atoms with E-state index in [0.29, 0.717) is 0 Å². The topological polar surface area (TPSA) is 12.0 Å². The molecule has 0 saturated heterocycles. The lowest BCUT2D eigenvalue weighted by Gasteiger charge is -2.17. The van der Waals surface area contributed by atoms with Gasteiger partial charge in [-0.3, -0.25) is 0 Å². The van der Waals surface area contributed by atoms with Gasteiger partial charge >= 0.3 is 0 Å². The lowest BCUT2D eigenvalue weighted by atomic mass is 10.1. The monoisotopic (exact) mass is 471 g/mol. The van der Waals surface area contributed by atoms with Crippen LogP contribution in [0.25, 0.3) is 0 Å². The molecule has 0 radical (unpaired) electrons. The van der Waals surface area contributed by atoms with E-state index in [0.717, 1.165) is 10.3 Å². The molecule has 0 saturated carbocycles. The molecule has 0 amide bonds. The lowest BCUT2D eigenvalue weighted by molar-refractivity contribution is 0.638. The molecule has 2 rings (SSSR count). The summed E-state index contributed by atoms with van der Waals surface area (Å²) in [5.41, 5.74) is 1.29. The van der Waals surface area contributed by atoms with Gasteiger partial charge < -0.3 is 5.32 Å². The minimum atomic E-state index is 0.236. The Balaban J connectivity index is 2.46. The predicted octanol–water partition coefficient (Wildman–Crippen LogP) is 6.10. The van der Waals surface area contributed by atoms with Crippen molar-refractivity contribution in [1.82, 2.24) is 5.32 Å². The number of rotatable bonds is 4. The van der Waals surface area contributed by atoms with Crippen molar-refractivity contribution in [2.24, 2.45) is 0 Å². The Kier molecular flexibility index (Phi) is 5.49. The van der Waals surface area contributed by atoms with Crippen molar-refractivity contribution in [3.63, 3.8) is 0 Å². The first kappa shape index (κ1) is 15.2. The molecular formula is C12H12Br3NS2. The standard InChI is InChI=1S/C12H12Br3NS2/c1-3-16-10(7-5-9(14)18-12(7)15)11-8(13)4-6(2)17-11/h4-5,10,16H,3H2,1-2H3. The van der Waals surface area contributed by atoms with E-state index < -0.39 is 0 Å². The number of thiophene rings is 2. The van der Waals surface area contributed by atoms with Gasteiger partial charge in [0.15, 0.2) is 0 Å². The van der Waals surface area contributed by atoms with Crippen LogP contribution in [-0.2, 0) is 0 Å². The summed E-state index contributed by atoms with van der Waals surface area (Å²) >= 11 is 14.4. The van der Waals surface area contributed by atoms with E-state index in [-0.39, 0.29) is 6.04 Å². The third kappa shape index (κ3) is 3.27. The summed E-state index contributed by atoms with van der Waals surface area (Å²) in [6.45, 7) is 5.21. The van der Waals surface area contributed by atoms with E-state index in [1.807, 2.05) is 11.3 Å². The van der Waals surface area contributed by atoms with E-state index in [2.05, 4.69) is 79.1 Å². The third-order valence-corrected chi connectivity index (χ3v) is 6.92. The van der Waals surface area contributed by atoms with E-state index >= 15 is 0 Å². The maximum atomic E-state index is 3.66. The van der Waals surface area contributed by atoms with Gasteiger partial charge in [0.1, 0.15) is 0 Å². The second kappa shape index (κ2) is 6.50. The van der Waals surface area contributed by atoms with Crippen molar-refractivity contribution < 1.29 is 0 Å². The highest BCUT2D eigenvalue weighted by Crippen LogP contribution is 2.42. The van der Waals surface area contributed by atoms with Crippen LogP contribution in [0, 0.1) is 6.92 Å². The summed E-state index contributed by atoms with van der Waals surface area (Å²) in [7, 11) is 0. The Hall–Kier alpha value is 0.800. The summed E-state index contributed by atoms with van der Waals surface area (Å²) in [5, 5.41) is 3.56. The summed E-state index contributed by atoms with van der Waals surface area (Å²) in [5.74, 6) is 0. The van der Waals surface area contributed by atoms with Crippen molar-refractivity contribution in [2.45, 2.75) is 19.9 Å². The summed E-state index contributed by atoms with van der Waals surface area (Å²) in [6.07, 6.45) is 0. The van der Waals surface area contributed by atoms with Gasteiger partial charge in [0.05, 0.1) is 13.6 Å². The predicted molar refractivity (Wildman–Crippen MR) is 92.0 cm³/mol. The second-order valence-electron chi connectivity index (χ2n) is 3.84. The second-order valence-corrected chi connectivity index (χ2v) is 9.73. The summed E-state index contributed by atoms with van der Waals surface area (Å²) in [4.78, 5) is 2.66. The molecule has 0 bridgehead atoms. The number of hydrogen-bond donors (Lipinski definition) is 1. The molecule has 2 heterocycles. The minimum Gasteiger partial charge on any atom is -0.306 e. The molecule has 0 aliphatic rings. The van der Waals surface area contributed by atoms with Gasteiger partial charge in [-0.25, -0.2) is 0 Å². The van der Waals surface area contributed by atoms with Crippen molar-refractivity contribution >= 4 is 70.5 Å². The van der Waals surface area contributed by atoms with Crippen LogP contribution in [0.4, 0.5) is 0 Å². The van der Waals surface area contributed by atoms with Gasteiger partial charge in [0.2, 0.25) is 0 Å². The lowest BCUT2D eigenvalue weighted by Crippen LogP contribution is -2.21. The van der Waals surface area contributed by atoms with Gasteiger partial charge in [-0.15, -0.1) is 22.7 Å². The first-order valence-electron chi connectivity index (χ1n) is 5.46. The van der Waals surface area contributed by atoms with Crippen molar-refractivity contribution in [2.75, 3.05) is 6.54 Å². The van der Waals surface area contributed by atoms with E-state index in [9.17, 15) is 0 Å². The number of aryl methyl sites for hydroxylation is 1. The van der Waals surface area contributed by atoms with Gasteiger partial charge in [0, 0.05) is 19.8 Å². The fourth-order valence-corrected chi connectivity index (χ4v) is 6.67. The van der Waals surface area contributed by atoms with Gasteiger partial charge in [0.25, 0.3) is 0 Å². The molecule has 0 spiro atoms. The van der Waals surface area contributed by atoms with Crippen LogP contribution in [0.15, 0.2) is 24.2 Å². The van der Waals surface area contributed by atoms with Crippen molar-refractivity contribution in [3.05, 3.63) is 39.5 Å². The normalized spacial score (nSPS) is 12.9. The third-order valence-electron chi connectivity index (χ3n) is 2.50. The number of hydrogen-bond acceptors (Lipinski definition) is 3.